The van der Waals surface area contributed by atoms with Crippen LogP contribution < -0.4 is 5.32 Å². The van der Waals surface area contributed by atoms with E-state index in [2.05, 4.69) is 45.0 Å². The molecule has 92 valence electrons. The molecule has 1 unspecified atom stereocenters. The van der Waals surface area contributed by atoms with Crippen molar-refractivity contribution in [3.8, 4) is 0 Å². The number of nitrogens with zero attached hydrogens (tertiary/aromatic N) is 1. The fraction of sp³-hybridized carbons (Fsp3) is 1.00. The molecule has 0 fully saturated rings. The molecule has 0 aliphatic rings. The Kier molecular flexibility index (Phi) is 8.02. The van der Waals surface area contributed by atoms with Crippen molar-refractivity contribution in [2.45, 2.75) is 39.8 Å². The topological polar surface area (TPSA) is 24.5 Å². The van der Waals surface area contributed by atoms with Crippen molar-refractivity contribution < 1.29 is 4.74 Å². The number of likely N-dealkylation sites (N-methyl/N-ethyl adjacent to an activating group) is 1. The number of rotatable bonds is 8. The van der Waals surface area contributed by atoms with Crippen molar-refractivity contribution in [1.82, 2.24) is 10.2 Å². The van der Waals surface area contributed by atoms with Crippen LogP contribution in [0.15, 0.2) is 0 Å². The highest BCUT2D eigenvalue weighted by atomic mass is 16.5. The van der Waals surface area contributed by atoms with Crippen molar-refractivity contribution in [2.24, 2.45) is 5.92 Å². The standard InChI is InChI=1S/C12H28N2O/c1-10(2)8-14(5)12(9-15-6)7-13-11(3)4/h10-13H,7-9H2,1-6H3. The first kappa shape index (κ1) is 14.9. The van der Waals surface area contributed by atoms with E-state index >= 15 is 0 Å². The largest absolute Gasteiger partial charge is 0.383 e. The Morgan fingerprint density at radius 3 is 2.20 bits per heavy atom. The number of hydrogen-bond donors (Lipinski definition) is 1. The summed E-state index contributed by atoms with van der Waals surface area (Å²) in [6.07, 6.45) is 0. The van der Waals surface area contributed by atoms with Gasteiger partial charge in [0.1, 0.15) is 0 Å². The maximum Gasteiger partial charge on any atom is 0.0630 e. The number of hydrogen-bond acceptors (Lipinski definition) is 3. The zero-order valence-electron chi connectivity index (χ0n) is 11.2. The van der Waals surface area contributed by atoms with Gasteiger partial charge < -0.3 is 10.1 Å². The van der Waals surface area contributed by atoms with Gasteiger partial charge in [0.15, 0.2) is 0 Å². The van der Waals surface area contributed by atoms with E-state index in [1.54, 1.807) is 7.11 Å². The summed E-state index contributed by atoms with van der Waals surface area (Å²) in [5.41, 5.74) is 0. The van der Waals surface area contributed by atoms with Gasteiger partial charge in [0, 0.05) is 32.3 Å². The first-order chi connectivity index (χ1) is 6.97. The molecular formula is C12H28N2O. The van der Waals surface area contributed by atoms with E-state index in [1.807, 2.05) is 0 Å². The van der Waals surface area contributed by atoms with Crippen molar-refractivity contribution in [1.29, 1.82) is 0 Å². The van der Waals surface area contributed by atoms with Crippen LogP contribution in [0.3, 0.4) is 0 Å². The highest BCUT2D eigenvalue weighted by Crippen LogP contribution is 2.02. The van der Waals surface area contributed by atoms with E-state index in [0.717, 1.165) is 19.7 Å². The van der Waals surface area contributed by atoms with E-state index in [1.165, 1.54) is 0 Å². The van der Waals surface area contributed by atoms with Crippen LogP contribution in [0.5, 0.6) is 0 Å². The third-order valence-electron chi connectivity index (χ3n) is 2.40. The second-order valence-corrected chi connectivity index (χ2v) is 5.01. The van der Waals surface area contributed by atoms with Crippen molar-refractivity contribution in [3.63, 3.8) is 0 Å². The molecule has 1 N–H and O–H groups in total. The molecular weight excluding hydrogens is 188 g/mol. The van der Waals surface area contributed by atoms with E-state index in [0.29, 0.717) is 18.0 Å². The van der Waals surface area contributed by atoms with Crippen LogP contribution in [0.2, 0.25) is 0 Å². The normalized spacial score (nSPS) is 14.2. The molecule has 0 heterocycles. The minimum absolute atomic E-state index is 0.472. The van der Waals surface area contributed by atoms with Crippen LogP contribution in [0, 0.1) is 5.92 Å². The number of ether oxygens (including phenoxy) is 1. The van der Waals surface area contributed by atoms with Gasteiger partial charge in [0.05, 0.1) is 6.61 Å². The molecule has 0 rings (SSSR count). The Bertz CT molecular complexity index is 149. The summed E-state index contributed by atoms with van der Waals surface area (Å²) in [5, 5.41) is 3.46. The van der Waals surface area contributed by atoms with E-state index in [4.69, 9.17) is 4.74 Å². The fourth-order valence-electron chi connectivity index (χ4n) is 1.63. The lowest BCUT2D eigenvalue weighted by molar-refractivity contribution is 0.0973. The van der Waals surface area contributed by atoms with Gasteiger partial charge in [-0.15, -0.1) is 0 Å². The number of nitrogens with one attached hydrogen (secondary N) is 1. The van der Waals surface area contributed by atoms with Crippen molar-refractivity contribution in [3.05, 3.63) is 0 Å². The average Bonchev–Trinajstić information content (AvgIpc) is 2.10. The highest BCUT2D eigenvalue weighted by Gasteiger charge is 2.15. The molecule has 0 aromatic rings. The molecule has 0 bridgehead atoms. The lowest BCUT2D eigenvalue weighted by atomic mass is 10.1. The van der Waals surface area contributed by atoms with Crippen LogP contribution >= 0.6 is 0 Å². The van der Waals surface area contributed by atoms with Gasteiger partial charge in [-0.05, 0) is 13.0 Å². The third kappa shape index (κ3) is 7.77. The summed E-state index contributed by atoms with van der Waals surface area (Å²) < 4.78 is 5.26. The summed E-state index contributed by atoms with van der Waals surface area (Å²) in [7, 11) is 3.94. The lowest BCUT2D eigenvalue weighted by Crippen LogP contribution is -2.45. The summed E-state index contributed by atoms with van der Waals surface area (Å²) >= 11 is 0. The molecule has 0 aromatic heterocycles. The van der Waals surface area contributed by atoms with E-state index in [9.17, 15) is 0 Å². The Balaban J connectivity index is 3.99. The molecule has 0 aliphatic heterocycles. The SMILES string of the molecule is COCC(CNC(C)C)N(C)CC(C)C. The Labute approximate surface area is 95.2 Å². The Hall–Kier alpha value is -0.120. The molecule has 0 saturated carbocycles. The second kappa shape index (κ2) is 8.08. The van der Waals surface area contributed by atoms with Gasteiger partial charge in [-0.3, -0.25) is 4.90 Å². The van der Waals surface area contributed by atoms with Crippen LogP contribution in [0.1, 0.15) is 27.7 Å². The minimum atomic E-state index is 0.472. The molecule has 0 spiro atoms. The van der Waals surface area contributed by atoms with Gasteiger partial charge in [0.2, 0.25) is 0 Å². The van der Waals surface area contributed by atoms with Crippen molar-refractivity contribution in [2.75, 3.05) is 33.9 Å². The molecule has 0 aliphatic carbocycles. The number of methoxy groups -OCH3 is 1. The summed E-state index contributed by atoms with van der Waals surface area (Å²) in [6.45, 7) is 11.7. The van der Waals surface area contributed by atoms with Gasteiger partial charge in [0.25, 0.3) is 0 Å². The second-order valence-electron chi connectivity index (χ2n) is 5.01. The van der Waals surface area contributed by atoms with Gasteiger partial charge in [-0.25, -0.2) is 0 Å². The Morgan fingerprint density at radius 1 is 1.20 bits per heavy atom. The molecule has 15 heavy (non-hydrogen) atoms. The smallest absolute Gasteiger partial charge is 0.0630 e. The molecule has 0 amide bonds. The highest BCUT2D eigenvalue weighted by molar-refractivity contribution is 4.73. The fourth-order valence-corrected chi connectivity index (χ4v) is 1.63. The molecule has 0 aromatic carbocycles. The van der Waals surface area contributed by atoms with Crippen LogP contribution in [0.4, 0.5) is 0 Å². The Morgan fingerprint density at radius 2 is 1.80 bits per heavy atom. The monoisotopic (exact) mass is 216 g/mol. The van der Waals surface area contributed by atoms with E-state index in [-0.39, 0.29) is 0 Å². The summed E-state index contributed by atoms with van der Waals surface area (Å²) in [4.78, 5) is 2.38. The van der Waals surface area contributed by atoms with Gasteiger partial charge >= 0.3 is 0 Å². The van der Waals surface area contributed by atoms with E-state index < -0.39 is 0 Å². The molecule has 3 nitrogen and oxygen atoms in total. The van der Waals surface area contributed by atoms with Crippen LogP contribution in [0.25, 0.3) is 0 Å². The maximum atomic E-state index is 5.26. The van der Waals surface area contributed by atoms with Gasteiger partial charge in [-0.2, -0.15) is 0 Å². The molecule has 1 atom stereocenters. The zero-order chi connectivity index (χ0) is 11.8. The first-order valence-corrected chi connectivity index (χ1v) is 5.89. The van der Waals surface area contributed by atoms with Crippen molar-refractivity contribution >= 4 is 0 Å². The van der Waals surface area contributed by atoms with Gasteiger partial charge in [-0.1, -0.05) is 27.7 Å². The predicted molar refractivity (Wildman–Crippen MR) is 66.3 cm³/mol. The summed E-state index contributed by atoms with van der Waals surface area (Å²) in [5.74, 6) is 0.702. The zero-order valence-corrected chi connectivity index (χ0v) is 11.2. The molecule has 0 saturated heterocycles. The quantitative estimate of drug-likeness (QED) is 0.667. The lowest BCUT2D eigenvalue weighted by Gasteiger charge is -2.29. The predicted octanol–water partition coefficient (Wildman–Crippen LogP) is 1.59. The molecule has 3 heteroatoms. The average molecular weight is 216 g/mol. The van der Waals surface area contributed by atoms with Crippen LogP contribution in [-0.2, 0) is 4.74 Å². The third-order valence-corrected chi connectivity index (χ3v) is 2.40. The first-order valence-electron chi connectivity index (χ1n) is 5.89. The minimum Gasteiger partial charge on any atom is -0.383 e. The van der Waals surface area contributed by atoms with Crippen LogP contribution in [-0.4, -0.2) is 50.8 Å². The maximum absolute atomic E-state index is 5.26. The summed E-state index contributed by atoms with van der Waals surface area (Å²) in [6, 6.07) is 1.01. The molecule has 0 radical (unpaired) electrons.